The molecule has 0 radical (unpaired) electrons. The molecule has 0 bridgehead atoms. The number of hydrogen-bond donors (Lipinski definition) is 2. The molecule has 2 aromatic heterocycles. The van der Waals surface area contributed by atoms with E-state index in [2.05, 4.69) is 27.6 Å². The van der Waals surface area contributed by atoms with Crippen molar-refractivity contribution < 1.29 is 14.4 Å². The van der Waals surface area contributed by atoms with Crippen LogP contribution in [0.1, 0.15) is 59.3 Å². The summed E-state index contributed by atoms with van der Waals surface area (Å²) in [5.41, 5.74) is 4.44. The highest BCUT2D eigenvalue weighted by molar-refractivity contribution is 5.68. The van der Waals surface area contributed by atoms with E-state index in [-0.39, 0.29) is 12.3 Å². The Morgan fingerprint density at radius 3 is 2.90 bits per heavy atom. The van der Waals surface area contributed by atoms with E-state index in [4.69, 9.17) is 9.51 Å². The molecule has 0 aliphatic carbocycles. The standard InChI is InChI=1S/C24H28N4O3/c1-16-6-2-3-9-20(16)18(15-23(29)30)14-22-27-21(28-31-22)10-4-8-19-12-11-17-7-5-13-25-24(17)26-19/h2-3,6,9,11-12,18H,4-5,7-8,10,13-15H2,1H3,(H,25,26)(H,29,30). The Morgan fingerprint density at radius 2 is 2.06 bits per heavy atom. The fraction of sp³-hybridized carbons (Fsp3) is 0.417. The average Bonchev–Trinajstić information content (AvgIpc) is 3.20. The minimum absolute atomic E-state index is 0.0284. The van der Waals surface area contributed by atoms with Crippen LogP contribution in [0.15, 0.2) is 40.9 Å². The van der Waals surface area contributed by atoms with Gasteiger partial charge in [-0.25, -0.2) is 4.98 Å². The Bertz CT molecular complexity index is 1050. The Kier molecular flexibility index (Phi) is 6.60. The molecule has 1 atom stereocenters. The first-order valence-corrected chi connectivity index (χ1v) is 10.9. The lowest BCUT2D eigenvalue weighted by atomic mass is 9.89. The molecule has 1 unspecified atom stereocenters. The molecular formula is C24H28N4O3. The van der Waals surface area contributed by atoms with Crippen LogP contribution in [0.25, 0.3) is 0 Å². The van der Waals surface area contributed by atoms with Crippen LogP contribution in [0.3, 0.4) is 0 Å². The van der Waals surface area contributed by atoms with Crippen molar-refractivity contribution in [3.8, 4) is 0 Å². The number of hydrogen-bond acceptors (Lipinski definition) is 6. The first-order chi connectivity index (χ1) is 15.1. The quantitative estimate of drug-likeness (QED) is 0.537. The van der Waals surface area contributed by atoms with Gasteiger partial charge < -0.3 is 14.9 Å². The number of carboxylic acid groups (broad SMARTS) is 1. The smallest absolute Gasteiger partial charge is 0.303 e. The highest BCUT2D eigenvalue weighted by atomic mass is 16.5. The minimum atomic E-state index is -0.833. The molecule has 0 saturated carbocycles. The first-order valence-electron chi connectivity index (χ1n) is 10.9. The van der Waals surface area contributed by atoms with Crippen molar-refractivity contribution in [3.05, 3.63) is 70.5 Å². The summed E-state index contributed by atoms with van der Waals surface area (Å²) in [6, 6.07) is 12.1. The summed E-state index contributed by atoms with van der Waals surface area (Å²) in [4.78, 5) is 20.6. The van der Waals surface area contributed by atoms with Crippen LogP contribution in [0.5, 0.6) is 0 Å². The third kappa shape index (κ3) is 5.48. The second-order valence-electron chi connectivity index (χ2n) is 8.15. The van der Waals surface area contributed by atoms with E-state index >= 15 is 0 Å². The Labute approximate surface area is 181 Å². The molecule has 3 heterocycles. The van der Waals surface area contributed by atoms with Crippen LogP contribution in [0.4, 0.5) is 5.82 Å². The highest BCUT2D eigenvalue weighted by Gasteiger charge is 2.21. The van der Waals surface area contributed by atoms with Gasteiger partial charge in [0.15, 0.2) is 5.82 Å². The second kappa shape index (κ2) is 9.73. The molecule has 1 aliphatic heterocycles. The zero-order valence-electron chi connectivity index (χ0n) is 17.8. The number of rotatable bonds is 9. The highest BCUT2D eigenvalue weighted by Crippen LogP contribution is 2.27. The lowest BCUT2D eigenvalue weighted by Gasteiger charge is -2.17. The van der Waals surface area contributed by atoms with E-state index in [1.165, 1.54) is 5.56 Å². The molecule has 4 rings (SSSR count). The van der Waals surface area contributed by atoms with Crippen molar-refractivity contribution in [1.29, 1.82) is 0 Å². The Balaban J connectivity index is 1.35. The minimum Gasteiger partial charge on any atom is -0.481 e. The van der Waals surface area contributed by atoms with Crippen molar-refractivity contribution in [2.24, 2.45) is 0 Å². The predicted octanol–water partition coefficient (Wildman–Crippen LogP) is 4.11. The van der Waals surface area contributed by atoms with Crippen LogP contribution in [0.2, 0.25) is 0 Å². The summed E-state index contributed by atoms with van der Waals surface area (Å²) < 4.78 is 5.44. The molecular weight excluding hydrogens is 392 g/mol. The molecule has 2 N–H and O–H groups in total. The van der Waals surface area contributed by atoms with Gasteiger partial charge in [-0.05, 0) is 55.4 Å². The molecule has 31 heavy (non-hydrogen) atoms. The maximum Gasteiger partial charge on any atom is 0.303 e. The van der Waals surface area contributed by atoms with Crippen LogP contribution in [-0.2, 0) is 30.5 Å². The summed E-state index contributed by atoms with van der Waals surface area (Å²) in [7, 11) is 0. The van der Waals surface area contributed by atoms with Gasteiger partial charge in [-0.15, -0.1) is 0 Å². The topological polar surface area (TPSA) is 101 Å². The van der Waals surface area contributed by atoms with Crippen molar-refractivity contribution >= 4 is 11.8 Å². The average molecular weight is 421 g/mol. The SMILES string of the molecule is Cc1ccccc1C(CC(=O)O)Cc1nc(CCCc2ccc3c(n2)NCCC3)no1. The predicted molar refractivity (Wildman–Crippen MR) is 117 cm³/mol. The van der Waals surface area contributed by atoms with Gasteiger partial charge in [0.1, 0.15) is 5.82 Å². The van der Waals surface area contributed by atoms with E-state index < -0.39 is 5.97 Å². The molecule has 0 saturated heterocycles. The van der Waals surface area contributed by atoms with Crippen molar-refractivity contribution in [2.45, 2.75) is 57.8 Å². The van der Waals surface area contributed by atoms with E-state index in [1.54, 1.807) is 0 Å². The second-order valence-corrected chi connectivity index (χ2v) is 8.15. The number of nitrogens with zero attached hydrogens (tertiary/aromatic N) is 3. The van der Waals surface area contributed by atoms with Crippen molar-refractivity contribution in [2.75, 3.05) is 11.9 Å². The van der Waals surface area contributed by atoms with E-state index in [0.29, 0.717) is 24.6 Å². The number of nitrogens with one attached hydrogen (secondary N) is 1. The largest absolute Gasteiger partial charge is 0.481 e. The van der Waals surface area contributed by atoms with Gasteiger partial charge in [0.05, 0.1) is 6.42 Å². The summed E-state index contributed by atoms with van der Waals surface area (Å²) >= 11 is 0. The van der Waals surface area contributed by atoms with E-state index in [0.717, 1.165) is 54.9 Å². The normalized spacial score (nSPS) is 14.0. The van der Waals surface area contributed by atoms with E-state index in [1.807, 2.05) is 31.2 Å². The summed E-state index contributed by atoms with van der Waals surface area (Å²) in [6.45, 7) is 2.98. The third-order valence-corrected chi connectivity index (χ3v) is 5.77. The molecule has 3 aromatic rings. The van der Waals surface area contributed by atoms with Gasteiger partial charge in [0, 0.05) is 31.0 Å². The summed E-state index contributed by atoms with van der Waals surface area (Å²) in [5.74, 6) is 1.14. The number of aryl methyl sites for hydroxylation is 4. The maximum absolute atomic E-state index is 11.4. The molecule has 1 aliphatic rings. The number of anilines is 1. The first kappa shape index (κ1) is 21.0. The number of aliphatic carboxylic acids is 1. The van der Waals surface area contributed by atoms with Crippen LogP contribution in [-0.4, -0.2) is 32.7 Å². The molecule has 0 spiro atoms. The van der Waals surface area contributed by atoms with Gasteiger partial charge >= 0.3 is 5.97 Å². The fourth-order valence-corrected chi connectivity index (χ4v) is 4.17. The molecule has 0 amide bonds. The molecule has 1 aromatic carbocycles. The summed E-state index contributed by atoms with van der Waals surface area (Å²) in [5, 5.41) is 16.8. The zero-order valence-corrected chi connectivity index (χ0v) is 17.8. The number of carboxylic acids is 1. The lowest BCUT2D eigenvalue weighted by Crippen LogP contribution is -2.14. The van der Waals surface area contributed by atoms with Gasteiger partial charge in [0.2, 0.25) is 5.89 Å². The number of carbonyl (C=O) groups is 1. The molecule has 7 heteroatoms. The number of benzene rings is 1. The van der Waals surface area contributed by atoms with Crippen molar-refractivity contribution in [3.63, 3.8) is 0 Å². The number of pyridine rings is 1. The third-order valence-electron chi connectivity index (χ3n) is 5.77. The lowest BCUT2D eigenvalue weighted by molar-refractivity contribution is -0.137. The van der Waals surface area contributed by atoms with Gasteiger partial charge in [-0.1, -0.05) is 35.5 Å². The Hall–Kier alpha value is -3.22. The maximum atomic E-state index is 11.4. The monoisotopic (exact) mass is 420 g/mol. The Morgan fingerprint density at radius 1 is 1.19 bits per heavy atom. The fourth-order valence-electron chi connectivity index (χ4n) is 4.17. The van der Waals surface area contributed by atoms with Gasteiger partial charge in [-0.2, -0.15) is 4.98 Å². The number of fused-ring (bicyclic) bond motifs is 1. The number of aromatic nitrogens is 3. The van der Waals surface area contributed by atoms with Crippen molar-refractivity contribution in [1.82, 2.24) is 15.1 Å². The van der Waals surface area contributed by atoms with Gasteiger partial charge in [-0.3, -0.25) is 4.79 Å². The summed E-state index contributed by atoms with van der Waals surface area (Å²) in [6.07, 6.45) is 5.12. The van der Waals surface area contributed by atoms with Gasteiger partial charge in [0.25, 0.3) is 0 Å². The van der Waals surface area contributed by atoms with E-state index in [9.17, 15) is 9.90 Å². The molecule has 162 valence electrons. The van der Waals surface area contributed by atoms with Crippen LogP contribution in [0, 0.1) is 6.92 Å². The van der Waals surface area contributed by atoms with Crippen LogP contribution >= 0.6 is 0 Å². The molecule has 0 fully saturated rings. The van der Waals surface area contributed by atoms with Crippen LogP contribution < -0.4 is 5.32 Å². The zero-order chi connectivity index (χ0) is 21.6. The molecule has 7 nitrogen and oxygen atoms in total.